The molecule has 0 bridgehead atoms. The number of rotatable bonds is 3. The summed E-state index contributed by atoms with van der Waals surface area (Å²) in [5.74, 6) is 1.59. The average Bonchev–Trinajstić information content (AvgIpc) is 2.40. The molecule has 1 aromatic carbocycles. The second kappa shape index (κ2) is 6.62. The zero-order valence-corrected chi connectivity index (χ0v) is 14.8. The third kappa shape index (κ3) is 3.85. The van der Waals surface area contributed by atoms with Gasteiger partial charge in [0.1, 0.15) is 0 Å². The molecule has 1 aliphatic rings. The van der Waals surface area contributed by atoms with E-state index in [4.69, 9.17) is 0 Å². The van der Waals surface area contributed by atoms with Crippen LogP contribution in [0.15, 0.2) is 28.7 Å². The van der Waals surface area contributed by atoms with Gasteiger partial charge in [0, 0.05) is 10.5 Å². The Morgan fingerprint density at radius 3 is 2.50 bits per heavy atom. The predicted octanol–water partition coefficient (Wildman–Crippen LogP) is 5.04. The van der Waals surface area contributed by atoms with Crippen molar-refractivity contribution in [3.05, 3.63) is 34.3 Å². The molecule has 1 aromatic rings. The summed E-state index contributed by atoms with van der Waals surface area (Å²) < 4.78 is 1.26. The van der Waals surface area contributed by atoms with E-state index in [1.54, 1.807) is 0 Å². The number of hydrogen-bond acceptors (Lipinski definition) is 1. The maximum atomic E-state index is 3.70. The molecule has 3 unspecified atom stereocenters. The first-order valence-corrected chi connectivity index (χ1v) is 8.61. The molecule has 0 radical (unpaired) electrons. The molecule has 0 aromatic heterocycles. The van der Waals surface area contributed by atoms with E-state index in [9.17, 15) is 0 Å². The van der Waals surface area contributed by atoms with Crippen LogP contribution in [-0.2, 0) is 6.42 Å². The Hall–Kier alpha value is -0.340. The van der Waals surface area contributed by atoms with Crippen molar-refractivity contribution in [2.45, 2.75) is 52.5 Å². The molecular formula is C18H28BrN. The van der Waals surface area contributed by atoms with Crippen molar-refractivity contribution in [1.29, 1.82) is 0 Å². The molecule has 1 fully saturated rings. The summed E-state index contributed by atoms with van der Waals surface area (Å²) in [6.45, 7) is 7.19. The summed E-state index contributed by atoms with van der Waals surface area (Å²) in [4.78, 5) is 0. The van der Waals surface area contributed by atoms with Crippen LogP contribution in [0, 0.1) is 17.3 Å². The number of benzene rings is 1. The van der Waals surface area contributed by atoms with E-state index in [-0.39, 0.29) is 0 Å². The van der Waals surface area contributed by atoms with Crippen molar-refractivity contribution in [1.82, 2.24) is 5.32 Å². The zero-order chi connectivity index (χ0) is 14.8. The Balaban J connectivity index is 2.12. The smallest absolute Gasteiger partial charge is 0.0207 e. The lowest BCUT2D eigenvalue weighted by Crippen LogP contribution is -2.42. The summed E-state index contributed by atoms with van der Waals surface area (Å²) in [6, 6.07) is 9.34. The third-order valence-electron chi connectivity index (χ3n) is 5.02. The largest absolute Gasteiger partial charge is 0.317 e. The molecule has 1 nitrogen and oxygen atoms in total. The van der Waals surface area contributed by atoms with Gasteiger partial charge in [-0.05, 0) is 61.6 Å². The van der Waals surface area contributed by atoms with Crippen molar-refractivity contribution in [2.75, 3.05) is 7.05 Å². The van der Waals surface area contributed by atoms with Crippen molar-refractivity contribution < 1.29 is 0 Å². The normalized spacial score (nSPS) is 27.6. The molecule has 0 saturated heterocycles. The van der Waals surface area contributed by atoms with Gasteiger partial charge in [-0.1, -0.05) is 54.9 Å². The predicted molar refractivity (Wildman–Crippen MR) is 91.0 cm³/mol. The monoisotopic (exact) mass is 337 g/mol. The van der Waals surface area contributed by atoms with Crippen LogP contribution in [0.1, 0.15) is 45.6 Å². The van der Waals surface area contributed by atoms with Gasteiger partial charge >= 0.3 is 0 Å². The van der Waals surface area contributed by atoms with E-state index < -0.39 is 0 Å². The highest BCUT2D eigenvalue weighted by Gasteiger charge is 2.35. The van der Waals surface area contributed by atoms with Gasteiger partial charge < -0.3 is 5.32 Å². The zero-order valence-electron chi connectivity index (χ0n) is 13.2. The second-order valence-corrected chi connectivity index (χ2v) is 8.18. The number of hydrogen-bond donors (Lipinski definition) is 1. The molecule has 0 heterocycles. The molecule has 1 aliphatic carbocycles. The average molecular weight is 338 g/mol. The molecule has 1 saturated carbocycles. The van der Waals surface area contributed by atoms with Gasteiger partial charge in [-0.25, -0.2) is 0 Å². The number of halogens is 1. The summed E-state index contributed by atoms with van der Waals surface area (Å²) in [5, 5.41) is 3.55. The maximum Gasteiger partial charge on any atom is 0.0207 e. The summed E-state index contributed by atoms with van der Waals surface area (Å²) in [5.41, 5.74) is 1.89. The van der Waals surface area contributed by atoms with Crippen LogP contribution in [0.2, 0.25) is 0 Å². The van der Waals surface area contributed by atoms with Gasteiger partial charge in [0.2, 0.25) is 0 Å². The maximum absolute atomic E-state index is 3.70. The Morgan fingerprint density at radius 2 is 1.90 bits per heavy atom. The minimum absolute atomic E-state index is 0.435. The van der Waals surface area contributed by atoms with Crippen molar-refractivity contribution >= 4 is 15.9 Å². The molecular weight excluding hydrogens is 310 g/mol. The summed E-state index contributed by atoms with van der Waals surface area (Å²) in [7, 11) is 2.12. The Bertz CT molecular complexity index is 435. The summed E-state index contributed by atoms with van der Waals surface area (Å²) in [6.07, 6.45) is 5.20. The van der Waals surface area contributed by atoms with Crippen LogP contribution in [-0.4, -0.2) is 13.1 Å². The molecule has 2 heteroatoms. The molecule has 1 N–H and O–H groups in total. The van der Waals surface area contributed by atoms with Gasteiger partial charge in [-0.2, -0.15) is 0 Å². The van der Waals surface area contributed by atoms with Crippen LogP contribution in [0.4, 0.5) is 0 Å². The highest BCUT2D eigenvalue weighted by Crippen LogP contribution is 2.41. The standard InChI is InChI=1S/C18H28BrN/c1-18(2,3)15-9-10-17(20-4)14(12-15)11-13-7-5-6-8-16(13)19/h5-8,14-15,17,20H,9-12H2,1-4H3. The van der Waals surface area contributed by atoms with E-state index in [0.717, 1.165) is 11.8 Å². The second-order valence-electron chi connectivity index (χ2n) is 7.33. The molecule has 0 aliphatic heterocycles. The van der Waals surface area contributed by atoms with E-state index in [0.29, 0.717) is 11.5 Å². The van der Waals surface area contributed by atoms with Crippen LogP contribution in [0.3, 0.4) is 0 Å². The topological polar surface area (TPSA) is 12.0 Å². The third-order valence-corrected chi connectivity index (χ3v) is 5.79. The minimum atomic E-state index is 0.435. The summed E-state index contributed by atoms with van der Waals surface area (Å²) >= 11 is 3.70. The van der Waals surface area contributed by atoms with Gasteiger partial charge in [0.25, 0.3) is 0 Å². The van der Waals surface area contributed by atoms with Crippen LogP contribution < -0.4 is 5.32 Å². The Morgan fingerprint density at radius 1 is 1.20 bits per heavy atom. The number of nitrogens with one attached hydrogen (secondary N) is 1. The van der Waals surface area contributed by atoms with Crippen molar-refractivity contribution in [3.8, 4) is 0 Å². The Labute approximate surface area is 132 Å². The van der Waals surface area contributed by atoms with Gasteiger partial charge in [0.05, 0.1) is 0 Å². The van der Waals surface area contributed by atoms with Gasteiger partial charge in [-0.15, -0.1) is 0 Å². The molecule has 2 rings (SSSR count). The molecule has 0 spiro atoms. The molecule has 112 valence electrons. The first-order valence-electron chi connectivity index (χ1n) is 7.82. The lowest BCUT2D eigenvalue weighted by molar-refractivity contribution is 0.116. The first kappa shape index (κ1) is 16.0. The fraction of sp³-hybridized carbons (Fsp3) is 0.667. The first-order chi connectivity index (χ1) is 9.41. The quantitative estimate of drug-likeness (QED) is 0.814. The lowest BCUT2D eigenvalue weighted by Gasteiger charge is -2.42. The molecule has 20 heavy (non-hydrogen) atoms. The van der Waals surface area contributed by atoms with Crippen molar-refractivity contribution in [2.24, 2.45) is 17.3 Å². The van der Waals surface area contributed by atoms with Gasteiger partial charge in [0.15, 0.2) is 0 Å². The fourth-order valence-corrected chi connectivity index (χ4v) is 4.05. The van der Waals surface area contributed by atoms with E-state index >= 15 is 0 Å². The Kier molecular flexibility index (Phi) is 5.30. The molecule has 3 atom stereocenters. The van der Waals surface area contributed by atoms with Crippen LogP contribution in [0.25, 0.3) is 0 Å². The molecule has 0 amide bonds. The lowest BCUT2D eigenvalue weighted by atomic mass is 9.66. The van der Waals surface area contributed by atoms with Crippen LogP contribution >= 0.6 is 15.9 Å². The highest BCUT2D eigenvalue weighted by molar-refractivity contribution is 9.10. The minimum Gasteiger partial charge on any atom is -0.317 e. The van der Waals surface area contributed by atoms with E-state index in [1.165, 1.54) is 35.7 Å². The SMILES string of the molecule is CNC1CCC(C(C)(C)C)CC1Cc1ccccc1Br. The van der Waals surface area contributed by atoms with Crippen molar-refractivity contribution in [3.63, 3.8) is 0 Å². The highest BCUT2D eigenvalue weighted by atomic mass is 79.9. The van der Waals surface area contributed by atoms with E-state index in [2.05, 4.69) is 73.3 Å². The van der Waals surface area contributed by atoms with E-state index in [1.807, 2.05) is 0 Å². The van der Waals surface area contributed by atoms with Gasteiger partial charge in [-0.3, -0.25) is 0 Å². The van der Waals surface area contributed by atoms with Crippen LogP contribution in [0.5, 0.6) is 0 Å². The fourth-order valence-electron chi connectivity index (χ4n) is 3.60.